The van der Waals surface area contributed by atoms with E-state index in [-0.39, 0.29) is 17.6 Å². The molecule has 0 atom stereocenters. The van der Waals surface area contributed by atoms with Crippen LogP contribution in [0, 0.1) is 5.82 Å². The summed E-state index contributed by atoms with van der Waals surface area (Å²) in [6.07, 6.45) is 0. The highest BCUT2D eigenvalue weighted by molar-refractivity contribution is 5.95. The fourth-order valence-electron chi connectivity index (χ4n) is 2.04. The smallest absolute Gasteiger partial charge is 0.276 e. The third-order valence-corrected chi connectivity index (χ3v) is 3.51. The summed E-state index contributed by atoms with van der Waals surface area (Å²) in [6, 6.07) is 12.5. The van der Waals surface area contributed by atoms with Gasteiger partial charge in [0, 0.05) is 5.56 Å². The number of hydrogen-bond acceptors (Lipinski definition) is 3. The minimum absolute atomic E-state index is 0.0422. The van der Waals surface area contributed by atoms with Gasteiger partial charge in [-0.2, -0.15) is 0 Å². The number of ether oxygens (including phenoxy) is 1. The fraction of sp³-hybridized carbons (Fsp3) is 0.263. The third-order valence-electron chi connectivity index (χ3n) is 3.51. The van der Waals surface area contributed by atoms with E-state index in [1.54, 1.807) is 12.1 Å². The summed E-state index contributed by atoms with van der Waals surface area (Å²) in [5.74, 6) is -0.919. The molecule has 0 spiro atoms. The van der Waals surface area contributed by atoms with Crippen LogP contribution >= 0.6 is 0 Å². The summed E-state index contributed by atoms with van der Waals surface area (Å²) < 4.78 is 18.2. The molecule has 0 aromatic heterocycles. The van der Waals surface area contributed by atoms with Crippen molar-refractivity contribution >= 4 is 11.8 Å². The summed E-state index contributed by atoms with van der Waals surface area (Å²) in [7, 11) is 0. The molecule has 2 amide bonds. The molecular formula is C19H21FN2O3. The van der Waals surface area contributed by atoms with E-state index in [9.17, 15) is 14.0 Å². The van der Waals surface area contributed by atoms with Crippen molar-refractivity contribution in [1.29, 1.82) is 0 Å². The Kier molecular flexibility index (Phi) is 5.75. The molecule has 0 aliphatic rings. The maximum atomic E-state index is 12.8. The number of hydrazine groups is 1. The van der Waals surface area contributed by atoms with E-state index in [1.165, 1.54) is 24.3 Å². The molecule has 0 heterocycles. The van der Waals surface area contributed by atoms with Crippen molar-refractivity contribution in [3.05, 3.63) is 65.5 Å². The molecule has 0 aliphatic heterocycles. The van der Waals surface area contributed by atoms with Gasteiger partial charge in [-0.05, 0) is 47.4 Å². The first-order valence-electron chi connectivity index (χ1n) is 7.84. The number of amides is 2. The van der Waals surface area contributed by atoms with Gasteiger partial charge in [0.05, 0.1) is 0 Å². The SMILES string of the molecule is CC(C)(C)c1ccc(OCC(=O)NNC(=O)c2ccc(F)cc2)cc1. The minimum atomic E-state index is -0.539. The highest BCUT2D eigenvalue weighted by Crippen LogP contribution is 2.24. The van der Waals surface area contributed by atoms with Gasteiger partial charge in [-0.1, -0.05) is 32.9 Å². The van der Waals surface area contributed by atoms with Gasteiger partial charge in [-0.25, -0.2) is 4.39 Å². The second-order valence-corrected chi connectivity index (χ2v) is 6.57. The number of carbonyl (C=O) groups excluding carboxylic acids is 2. The van der Waals surface area contributed by atoms with Gasteiger partial charge in [0.1, 0.15) is 11.6 Å². The summed E-state index contributed by atoms with van der Waals surface area (Å²) in [4.78, 5) is 23.5. The maximum absolute atomic E-state index is 12.8. The lowest BCUT2D eigenvalue weighted by molar-refractivity contribution is -0.123. The van der Waals surface area contributed by atoms with Gasteiger partial charge in [-0.15, -0.1) is 0 Å². The number of carbonyl (C=O) groups is 2. The zero-order valence-electron chi connectivity index (χ0n) is 14.4. The predicted octanol–water partition coefficient (Wildman–Crippen LogP) is 2.96. The van der Waals surface area contributed by atoms with E-state index in [4.69, 9.17) is 4.74 Å². The van der Waals surface area contributed by atoms with E-state index in [0.29, 0.717) is 5.75 Å². The Bertz CT molecular complexity index is 735. The zero-order valence-corrected chi connectivity index (χ0v) is 14.4. The first-order valence-corrected chi connectivity index (χ1v) is 7.84. The Morgan fingerprint density at radius 3 is 2.12 bits per heavy atom. The van der Waals surface area contributed by atoms with Crippen LogP contribution in [0.15, 0.2) is 48.5 Å². The van der Waals surface area contributed by atoms with Crippen molar-refractivity contribution in [3.8, 4) is 5.75 Å². The molecule has 25 heavy (non-hydrogen) atoms. The van der Waals surface area contributed by atoms with Crippen molar-refractivity contribution < 1.29 is 18.7 Å². The molecule has 0 unspecified atom stereocenters. The van der Waals surface area contributed by atoms with Crippen LogP contribution in [-0.2, 0) is 10.2 Å². The molecule has 0 fully saturated rings. The van der Waals surface area contributed by atoms with Gasteiger partial charge in [0.25, 0.3) is 11.8 Å². The molecule has 5 nitrogen and oxygen atoms in total. The fourth-order valence-corrected chi connectivity index (χ4v) is 2.04. The van der Waals surface area contributed by atoms with Crippen molar-refractivity contribution in [2.45, 2.75) is 26.2 Å². The lowest BCUT2D eigenvalue weighted by Crippen LogP contribution is -2.43. The molecule has 0 saturated heterocycles. The maximum Gasteiger partial charge on any atom is 0.276 e. The molecule has 132 valence electrons. The molecule has 0 bridgehead atoms. The molecule has 0 saturated carbocycles. The molecule has 2 rings (SSSR count). The first kappa shape index (κ1) is 18.4. The topological polar surface area (TPSA) is 67.4 Å². The predicted molar refractivity (Wildman–Crippen MR) is 92.6 cm³/mol. The summed E-state index contributed by atoms with van der Waals surface area (Å²) in [5, 5.41) is 0. The molecule has 2 aromatic rings. The van der Waals surface area contributed by atoms with Crippen molar-refractivity contribution in [2.75, 3.05) is 6.61 Å². The Morgan fingerprint density at radius 2 is 1.56 bits per heavy atom. The van der Waals surface area contributed by atoms with Crippen molar-refractivity contribution in [3.63, 3.8) is 0 Å². The van der Waals surface area contributed by atoms with Gasteiger partial charge in [0.15, 0.2) is 6.61 Å². The van der Waals surface area contributed by atoms with Crippen LogP contribution in [0.25, 0.3) is 0 Å². The Labute approximate surface area is 146 Å². The van der Waals surface area contributed by atoms with Crippen LogP contribution in [0.5, 0.6) is 5.75 Å². The van der Waals surface area contributed by atoms with Crippen LogP contribution in [-0.4, -0.2) is 18.4 Å². The quantitative estimate of drug-likeness (QED) is 0.838. The van der Waals surface area contributed by atoms with Crippen LogP contribution in [0.4, 0.5) is 4.39 Å². The standard InChI is InChI=1S/C19H21FN2O3/c1-19(2,3)14-6-10-16(11-7-14)25-12-17(23)21-22-18(24)13-4-8-15(20)9-5-13/h4-11H,12H2,1-3H3,(H,21,23)(H,22,24). The number of benzene rings is 2. The summed E-state index contributed by atoms with van der Waals surface area (Å²) in [6.45, 7) is 6.10. The second kappa shape index (κ2) is 7.79. The lowest BCUT2D eigenvalue weighted by Gasteiger charge is -2.19. The number of rotatable bonds is 4. The average molecular weight is 344 g/mol. The monoisotopic (exact) mass is 344 g/mol. The number of hydrogen-bond donors (Lipinski definition) is 2. The normalized spacial score (nSPS) is 10.9. The third kappa shape index (κ3) is 5.60. The highest BCUT2D eigenvalue weighted by atomic mass is 19.1. The molecule has 2 N–H and O–H groups in total. The van der Waals surface area contributed by atoms with E-state index in [2.05, 4.69) is 31.6 Å². The van der Waals surface area contributed by atoms with Crippen molar-refractivity contribution in [1.82, 2.24) is 10.9 Å². The van der Waals surface area contributed by atoms with Crippen LogP contribution in [0.1, 0.15) is 36.7 Å². The molecule has 0 aliphatic carbocycles. The number of halogens is 1. The van der Waals surface area contributed by atoms with Gasteiger partial charge in [0.2, 0.25) is 0 Å². The van der Waals surface area contributed by atoms with E-state index < -0.39 is 17.6 Å². The van der Waals surface area contributed by atoms with Crippen LogP contribution < -0.4 is 15.6 Å². The van der Waals surface area contributed by atoms with Gasteiger partial charge < -0.3 is 4.74 Å². The Balaban J connectivity index is 1.79. The van der Waals surface area contributed by atoms with E-state index in [0.717, 1.165) is 5.56 Å². The Hall–Kier alpha value is -2.89. The molecule has 2 aromatic carbocycles. The highest BCUT2D eigenvalue weighted by Gasteiger charge is 2.13. The average Bonchev–Trinajstić information content (AvgIpc) is 2.58. The molecular weight excluding hydrogens is 323 g/mol. The van der Waals surface area contributed by atoms with Gasteiger partial charge >= 0.3 is 0 Å². The Morgan fingerprint density at radius 1 is 0.960 bits per heavy atom. The lowest BCUT2D eigenvalue weighted by atomic mass is 9.87. The molecule has 0 radical (unpaired) electrons. The molecule has 6 heteroatoms. The second-order valence-electron chi connectivity index (χ2n) is 6.57. The number of nitrogens with one attached hydrogen (secondary N) is 2. The van der Waals surface area contributed by atoms with E-state index >= 15 is 0 Å². The van der Waals surface area contributed by atoms with Crippen LogP contribution in [0.2, 0.25) is 0 Å². The zero-order chi connectivity index (χ0) is 18.4. The van der Waals surface area contributed by atoms with Gasteiger partial charge in [-0.3, -0.25) is 20.4 Å². The summed E-state index contributed by atoms with van der Waals surface area (Å²) in [5.41, 5.74) is 5.93. The van der Waals surface area contributed by atoms with E-state index in [1.807, 2.05) is 12.1 Å². The largest absolute Gasteiger partial charge is 0.484 e. The first-order chi connectivity index (χ1) is 11.8. The summed E-state index contributed by atoms with van der Waals surface area (Å²) >= 11 is 0. The van der Waals surface area contributed by atoms with Crippen molar-refractivity contribution in [2.24, 2.45) is 0 Å². The minimum Gasteiger partial charge on any atom is -0.484 e. The van der Waals surface area contributed by atoms with Crippen LogP contribution in [0.3, 0.4) is 0 Å².